The second kappa shape index (κ2) is 47.2. The molecular formula is C51H92O5. The molecule has 0 aromatic rings. The lowest BCUT2D eigenvalue weighted by Crippen LogP contribution is -2.30. The molecule has 0 aliphatic heterocycles. The number of hydrogen-bond donors (Lipinski definition) is 0. The molecule has 0 aliphatic carbocycles. The molecule has 326 valence electrons. The van der Waals surface area contributed by atoms with Gasteiger partial charge in [0, 0.05) is 19.4 Å². The minimum absolute atomic E-state index is 0.0776. The van der Waals surface area contributed by atoms with Crippen molar-refractivity contribution in [2.75, 3.05) is 19.8 Å². The van der Waals surface area contributed by atoms with Gasteiger partial charge < -0.3 is 14.2 Å². The van der Waals surface area contributed by atoms with Gasteiger partial charge in [0.15, 0.2) is 6.10 Å². The van der Waals surface area contributed by atoms with Crippen molar-refractivity contribution < 1.29 is 23.8 Å². The summed E-state index contributed by atoms with van der Waals surface area (Å²) >= 11 is 0. The Morgan fingerprint density at radius 3 is 1.29 bits per heavy atom. The second-order valence-corrected chi connectivity index (χ2v) is 16.0. The van der Waals surface area contributed by atoms with Gasteiger partial charge in [0.05, 0.1) is 6.61 Å². The number of esters is 2. The van der Waals surface area contributed by atoms with E-state index in [2.05, 4.69) is 69.4 Å². The number of ether oxygens (including phenoxy) is 3. The van der Waals surface area contributed by atoms with Crippen LogP contribution in [0, 0.1) is 0 Å². The van der Waals surface area contributed by atoms with Crippen LogP contribution >= 0.6 is 0 Å². The zero-order chi connectivity index (χ0) is 40.7. The quantitative estimate of drug-likeness (QED) is 0.0350. The third-order valence-electron chi connectivity index (χ3n) is 10.3. The molecule has 0 saturated carbocycles. The van der Waals surface area contributed by atoms with Gasteiger partial charge >= 0.3 is 11.9 Å². The van der Waals surface area contributed by atoms with E-state index >= 15 is 0 Å². The largest absolute Gasteiger partial charge is 0.462 e. The predicted molar refractivity (Wildman–Crippen MR) is 242 cm³/mol. The van der Waals surface area contributed by atoms with Crippen LogP contribution in [0.4, 0.5) is 0 Å². The van der Waals surface area contributed by atoms with Gasteiger partial charge in [-0.05, 0) is 77.0 Å². The van der Waals surface area contributed by atoms with Crippen LogP contribution in [0.5, 0.6) is 0 Å². The van der Waals surface area contributed by atoms with Gasteiger partial charge in [-0.15, -0.1) is 0 Å². The molecule has 1 unspecified atom stereocenters. The molecule has 0 rings (SSSR count). The molecule has 5 nitrogen and oxygen atoms in total. The SMILES string of the molecule is CCC/C=C\C/C=C\CCCCCCCC(=O)OC(COCCCCCCCCCCCC)COC(=O)CCCCCCCCC/C=C\C/C=C\CCCCC. The summed E-state index contributed by atoms with van der Waals surface area (Å²) in [5.41, 5.74) is 0. The second-order valence-electron chi connectivity index (χ2n) is 16.0. The van der Waals surface area contributed by atoms with E-state index in [0.29, 0.717) is 19.4 Å². The van der Waals surface area contributed by atoms with Gasteiger partial charge in [-0.3, -0.25) is 9.59 Å². The lowest BCUT2D eigenvalue weighted by molar-refractivity contribution is -0.163. The highest BCUT2D eigenvalue weighted by molar-refractivity contribution is 5.70. The first-order valence-corrected chi connectivity index (χ1v) is 24.2. The average Bonchev–Trinajstić information content (AvgIpc) is 3.20. The highest BCUT2D eigenvalue weighted by Gasteiger charge is 2.17. The van der Waals surface area contributed by atoms with E-state index in [9.17, 15) is 9.59 Å². The standard InChI is InChI=1S/C51H92O5/c1-4-7-10-13-16-19-22-24-25-26-27-29-30-32-35-38-41-44-50(52)55-48-49(47-54-46-43-40-37-34-21-18-15-12-9-6-3)56-51(53)45-42-39-36-33-31-28-23-20-17-14-11-8-5-2/h11,14,16,19-20,23-25,49H,4-10,12-13,15,17-18,21-22,26-48H2,1-3H3/b14-11-,19-16-,23-20-,25-24-. The molecule has 0 amide bonds. The molecule has 0 spiro atoms. The fourth-order valence-corrected chi connectivity index (χ4v) is 6.69. The summed E-state index contributed by atoms with van der Waals surface area (Å²) in [6.07, 6.45) is 56.8. The van der Waals surface area contributed by atoms with Gasteiger partial charge in [0.25, 0.3) is 0 Å². The van der Waals surface area contributed by atoms with E-state index < -0.39 is 6.10 Å². The van der Waals surface area contributed by atoms with Gasteiger partial charge in [0.1, 0.15) is 6.61 Å². The molecule has 0 aromatic carbocycles. The van der Waals surface area contributed by atoms with Crippen molar-refractivity contribution in [1.82, 2.24) is 0 Å². The number of rotatable bonds is 44. The molecule has 0 radical (unpaired) electrons. The number of allylic oxidation sites excluding steroid dienone is 8. The van der Waals surface area contributed by atoms with Crippen molar-refractivity contribution in [3.8, 4) is 0 Å². The van der Waals surface area contributed by atoms with E-state index in [1.54, 1.807) is 0 Å². The molecular weight excluding hydrogens is 693 g/mol. The van der Waals surface area contributed by atoms with E-state index in [0.717, 1.165) is 70.6 Å². The zero-order valence-electron chi connectivity index (χ0n) is 37.4. The Morgan fingerprint density at radius 1 is 0.393 bits per heavy atom. The summed E-state index contributed by atoms with van der Waals surface area (Å²) < 4.78 is 17.3. The van der Waals surface area contributed by atoms with Crippen molar-refractivity contribution in [2.24, 2.45) is 0 Å². The first kappa shape index (κ1) is 53.9. The molecule has 0 saturated heterocycles. The maximum absolute atomic E-state index is 12.7. The van der Waals surface area contributed by atoms with Crippen LogP contribution in [0.3, 0.4) is 0 Å². The maximum Gasteiger partial charge on any atom is 0.306 e. The van der Waals surface area contributed by atoms with Gasteiger partial charge in [0.2, 0.25) is 0 Å². The summed E-state index contributed by atoms with van der Waals surface area (Å²) in [5.74, 6) is -0.417. The number of carbonyl (C=O) groups is 2. The number of carbonyl (C=O) groups excluding carboxylic acids is 2. The van der Waals surface area contributed by atoms with Crippen molar-refractivity contribution in [2.45, 2.75) is 245 Å². The molecule has 0 aromatic heterocycles. The Hall–Kier alpha value is -2.14. The van der Waals surface area contributed by atoms with Crippen molar-refractivity contribution >= 4 is 11.9 Å². The molecule has 0 N–H and O–H groups in total. The maximum atomic E-state index is 12.7. The summed E-state index contributed by atoms with van der Waals surface area (Å²) in [7, 11) is 0. The molecule has 0 heterocycles. The van der Waals surface area contributed by atoms with Crippen LogP contribution in [-0.4, -0.2) is 37.9 Å². The molecule has 5 heteroatoms. The van der Waals surface area contributed by atoms with Crippen LogP contribution in [0.1, 0.15) is 239 Å². The fourth-order valence-electron chi connectivity index (χ4n) is 6.69. The third-order valence-corrected chi connectivity index (χ3v) is 10.3. The lowest BCUT2D eigenvalue weighted by atomic mass is 10.1. The van der Waals surface area contributed by atoms with E-state index in [1.807, 2.05) is 0 Å². The number of unbranched alkanes of at least 4 members (excludes halogenated alkanes) is 25. The first-order chi connectivity index (χ1) is 27.6. The van der Waals surface area contributed by atoms with E-state index in [1.165, 1.54) is 135 Å². The zero-order valence-corrected chi connectivity index (χ0v) is 37.4. The number of hydrogen-bond acceptors (Lipinski definition) is 5. The monoisotopic (exact) mass is 785 g/mol. The van der Waals surface area contributed by atoms with Crippen molar-refractivity contribution in [1.29, 1.82) is 0 Å². The predicted octanol–water partition coefficient (Wildman–Crippen LogP) is 16.0. The van der Waals surface area contributed by atoms with Crippen LogP contribution in [0.25, 0.3) is 0 Å². The highest BCUT2D eigenvalue weighted by atomic mass is 16.6. The first-order valence-electron chi connectivity index (χ1n) is 24.2. The van der Waals surface area contributed by atoms with Crippen LogP contribution in [-0.2, 0) is 23.8 Å². The molecule has 0 fully saturated rings. The molecule has 1 atom stereocenters. The van der Waals surface area contributed by atoms with Gasteiger partial charge in [-0.1, -0.05) is 198 Å². The Bertz CT molecular complexity index is 935. The van der Waals surface area contributed by atoms with Gasteiger partial charge in [-0.2, -0.15) is 0 Å². The summed E-state index contributed by atoms with van der Waals surface area (Å²) in [5, 5.41) is 0. The molecule has 0 bridgehead atoms. The van der Waals surface area contributed by atoms with E-state index in [-0.39, 0.29) is 25.2 Å². The Labute approximate surface area is 348 Å². The van der Waals surface area contributed by atoms with Gasteiger partial charge in [-0.25, -0.2) is 0 Å². The smallest absolute Gasteiger partial charge is 0.306 e. The van der Waals surface area contributed by atoms with Crippen LogP contribution in [0.2, 0.25) is 0 Å². The summed E-state index contributed by atoms with van der Waals surface area (Å²) in [6.45, 7) is 7.73. The normalized spacial score (nSPS) is 12.6. The van der Waals surface area contributed by atoms with Crippen LogP contribution < -0.4 is 0 Å². The molecule has 0 aliphatic rings. The Kier molecular flexibility index (Phi) is 45.4. The minimum atomic E-state index is -0.542. The highest BCUT2D eigenvalue weighted by Crippen LogP contribution is 2.14. The third kappa shape index (κ3) is 44.6. The van der Waals surface area contributed by atoms with Crippen molar-refractivity contribution in [3.63, 3.8) is 0 Å². The lowest BCUT2D eigenvalue weighted by Gasteiger charge is -2.18. The Morgan fingerprint density at radius 2 is 0.786 bits per heavy atom. The fraction of sp³-hybridized carbons (Fsp3) is 0.804. The van der Waals surface area contributed by atoms with Crippen molar-refractivity contribution in [3.05, 3.63) is 48.6 Å². The summed E-state index contributed by atoms with van der Waals surface area (Å²) in [4.78, 5) is 25.3. The average molecular weight is 785 g/mol. The van der Waals surface area contributed by atoms with E-state index in [4.69, 9.17) is 14.2 Å². The Balaban J connectivity index is 4.23. The summed E-state index contributed by atoms with van der Waals surface area (Å²) in [6, 6.07) is 0. The van der Waals surface area contributed by atoms with Crippen LogP contribution in [0.15, 0.2) is 48.6 Å². The molecule has 56 heavy (non-hydrogen) atoms. The topological polar surface area (TPSA) is 61.8 Å². The minimum Gasteiger partial charge on any atom is -0.462 e.